The predicted molar refractivity (Wildman–Crippen MR) is 154 cm³/mol. The van der Waals surface area contributed by atoms with Gasteiger partial charge in [0.15, 0.2) is 5.82 Å². The average molecular weight is 516 g/mol. The van der Waals surface area contributed by atoms with Crippen LogP contribution in [0.25, 0.3) is 33.5 Å². The molecule has 2 amide bonds. The summed E-state index contributed by atoms with van der Waals surface area (Å²) < 4.78 is 1.10. The summed E-state index contributed by atoms with van der Waals surface area (Å²) in [6, 6.07) is 13.0. The molecule has 38 heavy (non-hydrogen) atoms. The molecule has 0 saturated carbocycles. The van der Waals surface area contributed by atoms with E-state index in [0.717, 1.165) is 45.5 Å². The number of aromatic amines is 2. The van der Waals surface area contributed by atoms with Gasteiger partial charge in [0.1, 0.15) is 16.9 Å². The molecule has 2 saturated heterocycles. The number of likely N-dealkylation sites (tertiary alicyclic amines) is 1. The van der Waals surface area contributed by atoms with E-state index in [9.17, 15) is 4.79 Å². The molecule has 5 N–H and O–H groups in total. The van der Waals surface area contributed by atoms with Crippen LogP contribution in [0, 0.1) is 0 Å². The Kier molecular flexibility index (Phi) is 6.36. The highest BCUT2D eigenvalue weighted by molar-refractivity contribution is 6.04. The Hall–Kier alpha value is -3.43. The number of rotatable bonds is 4. The van der Waals surface area contributed by atoms with Crippen molar-refractivity contribution in [3.63, 3.8) is 0 Å². The van der Waals surface area contributed by atoms with Gasteiger partial charge in [-0.05, 0) is 52.2 Å². The molecule has 0 atom stereocenters. The van der Waals surface area contributed by atoms with Crippen LogP contribution >= 0.6 is 0 Å². The molecule has 0 spiro atoms. The van der Waals surface area contributed by atoms with Crippen LogP contribution in [0.3, 0.4) is 0 Å². The molecule has 0 unspecified atom stereocenters. The maximum absolute atomic E-state index is 12.5. The number of urea groups is 1. The van der Waals surface area contributed by atoms with Crippen molar-refractivity contribution < 1.29 is 4.79 Å². The average Bonchev–Trinajstić information content (AvgIpc) is 3.53. The van der Waals surface area contributed by atoms with Crippen LogP contribution in [-0.4, -0.2) is 64.0 Å². The molecule has 9 nitrogen and oxygen atoms in total. The molecule has 2 aliphatic rings. The largest absolute Gasteiger partial charge is 0.336 e. The van der Waals surface area contributed by atoms with Crippen molar-refractivity contribution >= 4 is 39.3 Å². The maximum atomic E-state index is 12.5. The first-order chi connectivity index (χ1) is 18.3. The van der Waals surface area contributed by atoms with Crippen molar-refractivity contribution in [3.8, 4) is 11.5 Å². The fourth-order valence-electron chi connectivity index (χ4n) is 6.42. The first-order valence-electron chi connectivity index (χ1n) is 14.0. The smallest absolute Gasteiger partial charge is 0.319 e. The van der Waals surface area contributed by atoms with E-state index < -0.39 is 0 Å². The highest BCUT2D eigenvalue weighted by Gasteiger charge is 2.41. The van der Waals surface area contributed by atoms with Crippen LogP contribution < -0.4 is 20.4 Å². The monoisotopic (exact) mass is 515 g/mol. The van der Waals surface area contributed by atoms with Crippen molar-refractivity contribution in [2.24, 2.45) is 0 Å². The summed E-state index contributed by atoms with van der Waals surface area (Å²) in [6.07, 6.45) is 6.39. The number of H-pyrrole nitrogens is 2. The summed E-state index contributed by atoms with van der Waals surface area (Å²) in [5.41, 5.74) is 5.26. The Morgan fingerprint density at radius 2 is 1.84 bits per heavy atom. The first kappa shape index (κ1) is 24.9. The van der Waals surface area contributed by atoms with Crippen molar-refractivity contribution in [3.05, 3.63) is 36.4 Å². The number of aromatic nitrogens is 4. The number of quaternary nitrogens is 1. The number of hydrogen-bond donors (Lipinski definition) is 5. The molecule has 0 radical (unpaired) electrons. The van der Waals surface area contributed by atoms with Gasteiger partial charge in [0.05, 0.1) is 35.9 Å². The number of nitrogens with one attached hydrogen (secondary N) is 5. The summed E-state index contributed by atoms with van der Waals surface area (Å²) in [4.78, 5) is 21.0. The van der Waals surface area contributed by atoms with Gasteiger partial charge in [-0.2, -0.15) is 5.10 Å². The van der Waals surface area contributed by atoms with E-state index in [-0.39, 0.29) is 11.6 Å². The summed E-state index contributed by atoms with van der Waals surface area (Å²) in [7, 11) is 0. The van der Waals surface area contributed by atoms with Gasteiger partial charge in [0.25, 0.3) is 0 Å². The van der Waals surface area contributed by atoms with Gasteiger partial charge < -0.3 is 20.9 Å². The highest BCUT2D eigenvalue weighted by atomic mass is 16.2. The molecular weight excluding hydrogens is 476 g/mol. The Morgan fingerprint density at radius 3 is 2.61 bits per heavy atom. The van der Waals surface area contributed by atoms with E-state index in [1.807, 2.05) is 39.0 Å². The second-order valence-electron chi connectivity index (χ2n) is 11.9. The van der Waals surface area contributed by atoms with E-state index in [4.69, 9.17) is 4.98 Å². The van der Waals surface area contributed by atoms with Crippen LogP contribution in [0.4, 0.5) is 16.2 Å². The standard InChI is InChI=1S/C29H38N8O/c1-29(2,3)34-28(38)33-23-9-7-8-21-25(23)35-36-26(21)27-31-22-11-10-20(18-24(22)32-27)37(16-5-4-6-17-37)19-12-14-30-15-13-19/h7-11,18-19,30H,4-6,12-17H2,1-3H3,(H3-,31,32,33,34,35,36,38)/p+1. The zero-order valence-corrected chi connectivity index (χ0v) is 22.7. The maximum Gasteiger partial charge on any atom is 0.319 e. The first-order valence-corrected chi connectivity index (χ1v) is 14.0. The van der Waals surface area contributed by atoms with Crippen LogP contribution in [0.5, 0.6) is 0 Å². The number of carbonyl (C=O) groups excluding carboxylic acids is 1. The molecule has 4 heterocycles. The van der Waals surface area contributed by atoms with Gasteiger partial charge in [-0.25, -0.2) is 9.78 Å². The van der Waals surface area contributed by atoms with Crippen molar-refractivity contribution in [2.75, 3.05) is 31.5 Å². The van der Waals surface area contributed by atoms with Gasteiger partial charge in [0, 0.05) is 49.0 Å². The van der Waals surface area contributed by atoms with E-state index in [1.165, 1.54) is 50.9 Å². The van der Waals surface area contributed by atoms with E-state index in [2.05, 4.69) is 49.3 Å². The molecule has 4 aromatic rings. The van der Waals surface area contributed by atoms with Crippen molar-refractivity contribution in [1.29, 1.82) is 0 Å². The Bertz CT molecular complexity index is 1450. The molecule has 200 valence electrons. The van der Waals surface area contributed by atoms with Crippen molar-refractivity contribution in [1.82, 2.24) is 35.3 Å². The van der Waals surface area contributed by atoms with E-state index >= 15 is 0 Å². The zero-order chi connectivity index (χ0) is 26.3. The van der Waals surface area contributed by atoms with Gasteiger partial charge in [0.2, 0.25) is 0 Å². The lowest BCUT2D eigenvalue weighted by Gasteiger charge is -2.48. The van der Waals surface area contributed by atoms with Crippen LogP contribution in [0.1, 0.15) is 52.9 Å². The number of piperidine rings is 2. The third-order valence-electron chi connectivity index (χ3n) is 8.16. The van der Waals surface area contributed by atoms with Gasteiger partial charge in [-0.3, -0.25) is 9.58 Å². The predicted octanol–water partition coefficient (Wildman–Crippen LogP) is 5.27. The normalized spacial score (nSPS) is 18.6. The molecule has 6 rings (SSSR count). The summed E-state index contributed by atoms with van der Waals surface area (Å²) in [5, 5.41) is 18.0. The molecule has 0 aliphatic carbocycles. The van der Waals surface area contributed by atoms with Gasteiger partial charge in [-0.15, -0.1) is 0 Å². The Balaban J connectivity index is 1.33. The Morgan fingerprint density at radius 1 is 1.05 bits per heavy atom. The molecule has 0 bridgehead atoms. The SMILES string of the molecule is CC(C)(C)NC(=O)Nc1cccc2c(-c3nc4ccc([N+]5(C6CCNCC6)CCCCC5)cc4[nH]3)[nH]nc12. The molecule has 2 aliphatic heterocycles. The van der Waals surface area contributed by atoms with Gasteiger partial charge in [-0.1, -0.05) is 12.1 Å². The number of amides is 2. The van der Waals surface area contributed by atoms with E-state index in [1.54, 1.807) is 0 Å². The second-order valence-corrected chi connectivity index (χ2v) is 11.9. The van der Waals surface area contributed by atoms with Crippen LogP contribution in [0.2, 0.25) is 0 Å². The molecule has 2 aromatic heterocycles. The second kappa shape index (κ2) is 9.71. The number of anilines is 1. The summed E-state index contributed by atoms with van der Waals surface area (Å²) in [5.74, 6) is 0.753. The van der Waals surface area contributed by atoms with E-state index in [0.29, 0.717) is 17.2 Å². The quantitative estimate of drug-likeness (QED) is 0.239. The lowest BCUT2D eigenvalue weighted by atomic mass is 9.95. The number of benzene rings is 2. The summed E-state index contributed by atoms with van der Waals surface area (Å²) >= 11 is 0. The number of para-hydroxylation sites is 1. The number of carbonyl (C=O) groups is 1. The minimum absolute atomic E-state index is 0.255. The van der Waals surface area contributed by atoms with Crippen LogP contribution in [0.15, 0.2) is 36.4 Å². The third-order valence-corrected chi connectivity index (χ3v) is 8.16. The number of hydrogen-bond acceptors (Lipinski definition) is 4. The minimum Gasteiger partial charge on any atom is -0.336 e. The molecular formula is C29H39N8O+. The lowest BCUT2D eigenvalue weighted by molar-refractivity contribution is 0.139. The summed E-state index contributed by atoms with van der Waals surface area (Å²) in [6.45, 7) is 10.5. The number of imidazole rings is 1. The fraction of sp³-hybridized carbons (Fsp3) is 0.483. The zero-order valence-electron chi connectivity index (χ0n) is 22.7. The molecule has 2 fully saturated rings. The topological polar surface area (TPSA) is 111 Å². The minimum atomic E-state index is -0.329. The lowest BCUT2D eigenvalue weighted by Crippen LogP contribution is -2.62. The van der Waals surface area contributed by atoms with Crippen LogP contribution in [-0.2, 0) is 0 Å². The third kappa shape index (κ3) is 4.65. The highest BCUT2D eigenvalue weighted by Crippen LogP contribution is 2.37. The number of fused-ring (bicyclic) bond motifs is 2. The molecule has 2 aromatic carbocycles. The fourth-order valence-corrected chi connectivity index (χ4v) is 6.42. The Labute approximate surface area is 223 Å². The van der Waals surface area contributed by atoms with Crippen molar-refractivity contribution in [2.45, 2.75) is 64.5 Å². The van der Waals surface area contributed by atoms with Gasteiger partial charge >= 0.3 is 6.03 Å². The number of nitrogens with zero attached hydrogens (tertiary/aromatic N) is 3. The molecule has 9 heteroatoms.